The molecule has 0 aliphatic carbocycles. The van der Waals surface area contributed by atoms with Crippen LogP contribution in [0.5, 0.6) is 0 Å². The van der Waals surface area contributed by atoms with Crippen LogP contribution in [-0.2, 0) is 0 Å². The van der Waals surface area contributed by atoms with Gasteiger partial charge in [0.2, 0.25) is 0 Å². The lowest BCUT2D eigenvalue weighted by Gasteiger charge is -2.11. The van der Waals surface area contributed by atoms with E-state index in [1.165, 1.54) is 17.0 Å². The van der Waals surface area contributed by atoms with Crippen molar-refractivity contribution in [2.24, 2.45) is 0 Å². The van der Waals surface area contributed by atoms with Crippen molar-refractivity contribution in [1.82, 2.24) is 9.78 Å². The van der Waals surface area contributed by atoms with E-state index in [0.717, 1.165) is 11.1 Å². The summed E-state index contributed by atoms with van der Waals surface area (Å²) in [5.74, 6) is -0.761. The first-order chi connectivity index (χ1) is 10.1. The molecule has 0 radical (unpaired) electrons. The van der Waals surface area contributed by atoms with Gasteiger partial charge in [-0.2, -0.15) is 5.10 Å². The molecule has 3 rings (SSSR count). The third-order valence-electron chi connectivity index (χ3n) is 3.28. The molecule has 106 valence electrons. The van der Waals surface area contributed by atoms with Gasteiger partial charge in [-0.1, -0.05) is 12.1 Å². The van der Waals surface area contributed by atoms with Crippen LogP contribution in [0.3, 0.4) is 0 Å². The Labute approximate surface area is 121 Å². The van der Waals surface area contributed by atoms with Crippen LogP contribution in [0.2, 0.25) is 0 Å². The number of carboxylic acids is 1. The van der Waals surface area contributed by atoms with E-state index < -0.39 is 5.97 Å². The second-order valence-electron chi connectivity index (χ2n) is 4.88. The number of rotatable bonds is 3. The standard InChI is InChI=1S/C16H14N2O3/c1-10-5-6-11(2)13(8-10)18-14(16(19)20)9-12(17-18)15-4-3-7-21-15/h3-9H,1-2H3,(H,19,20)/p-1. The minimum atomic E-state index is -1.28. The second-order valence-corrected chi connectivity index (χ2v) is 4.88. The molecule has 0 fully saturated rings. The Morgan fingerprint density at radius 2 is 2.05 bits per heavy atom. The van der Waals surface area contributed by atoms with Crippen LogP contribution in [0.1, 0.15) is 21.6 Å². The average molecular weight is 281 g/mol. The molecule has 3 aromatic rings. The van der Waals surface area contributed by atoms with Gasteiger partial charge in [0, 0.05) is 0 Å². The lowest BCUT2D eigenvalue weighted by atomic mass is 10.1. The number of aromatic carboxylic acids is 1. The fourth-order valence-corrected chi connectivity index (χ4v) is 2.20. The zero-order chi connectivity index (χ0) is 15.0. The van der Waals surface area contributed by atoms with E-state index in [1.54, 1.807) is 12.1 Å². The van der Waals surface area contributed by atoms with Gasteiger partial charge in [-0.25, -0.2) is 4.68 Å². The Morgan fingerprint density at radius 1 is 1.24 bits per heavy atom. The van der Waals surface area contributed by atoms with E-state index in [-0.39, 0.29) is 5.69 Å². The van der Waals surface area contributed by atoms with Gasteiger partial charge in [0.25, 0.3) is 0 Å². The van der Waals surface area contributed by atoms with Crippen molar-refractivity contribution in [3.8, 4) is 17.1 Å². The van der Waals surface area contributed by atoms with E-state index in [0.29, 0.717) is 17.1 Å². The number of nitrogens with zero attached hydrogens (tertiary/aromatic N) is 2. The maximum atomic E-state index is 11.4. The molecule has 0 amide bonds. The van der Waals surface area contributed by atoms with Crippen molar-refractivity contribution in [3.05, 3.63) is 59.5 Å². The summed E-state index contributed by atoms with van der Waals surface area (Å²) in [4.78, 5) is 11.4. The fourth-order valence-electron chi connectivity index (χ4n) is 2.20. The largest absolute Gasteiger partial charge is 0.543 e. The number of furan rings is 1. The van der Waals surface area contributed by atoms with E-state index >= 15 is 0 Å². The number of carbonyl (C=O) groups excluding carboxylic acids is 1. The van der Waals surface area contributed by atoms with Crippen molar-refractivity contribution in [3.63, 3.8) is 0 Å². The highest BCUT2D eigenvalue weighted by molar-refractivity contribution is 5.86. The molecular formula is C16H13N2O3-. The number of hydrogen-bond acceptors (Lipinski definition) is 4. The quantitative estimate of drug-likeness (QED) is 0.737. The van der Waals surface area contributed by atoms with E-state index in [4.69, 9.17) is 4.42 Å². The smallest absolute Gasteiger partial charge is 0.154 e. The van der Waals surface area contributed by atoms with Crippen LogP contribution in [0.4, 0.5) is 0 Å². The summed E-state index contributed by atoms with van der Waals surface area (Å²) < 4.78 is 6.65. The maximum Gasteiger partial charge on any atom is 0.154 e. The van der Waals surface area contributed by atoms with E-state index in [2.05, 4.69) is 5.10 Å². The molecule has 0 atom stereocenters. The SMILES string of the molecule is Cc1ccc(C)c(-n2nc(-c3ccco3)cc2C(=O)[O-])c1. The molecule has 0 unspecified atom stereocenters. The Bertz CT molecular complexity index is 801. The monoisotopic (exact) mass is 281 g/mol. The molecule has 0 saturated heterocycles. The van der Waals surface area contributed by atoms with E-state index in [1.807, 2.05) is 32.0 Å². The first-order valence-corrected chi connectivity index (χ1v) is 6.49. The van der Waals surface area contributed by atoms with Gasteiger partial charge >= 0.3 is 0 Å². The third-order valence-corrected chi connectivity index (χ3v) is 3.28. The highest BCUT2D eigenvalue weighted by Crippen LogP contribution is 2.24. The summed E-state index contributed by atoms with van der Waals surface area (Å²) in [6.07, 6.45) is 1.52. The minimum Gasteiger partial charge on any atom is -0.543 e. The van der Waals surface area contributed by atoms with Crippen molar-refractivity contribution in [2.75, 3.05) is 0 Å². The molecule has 1 aromatic carbocycles. The average Bonchev–Trinajstić information content (AvgIpc) is 3.09. The molecule has 0 bridgehead atoms. The number of carboxylic acid groups (broad SMARTS) is 1. The van der Waals surface area contributed by atoms with Gasteiger partial charge in [-0.3, -0.25) is 0 Å². The van der Waals surface area contributed by atoms with Gasteiger partial charge < -0.3 is 14.3 Å². The zero-order valence-corrected chi connectivity index (χ0v) is 11.7. The zero-order valence-electron chi connectivity index (χ0n) is 11.7. The van der Waals surface area contributed by atoms with Gasteiger partial charge in [0.1, 0.15) is 5.69 Å². The first-order valence-electron chi connectivity index (χ1n) is 6.49. The Morgan fingerprint density at radius 3 is 2.71 bits per heavy atom. The van der Waals surface area contributed by atoms with Crippen LogP contribution < -0.4 is 5.11 Å². The summed E-state index contributed by atoms with van der Waals surface area (Å²) in [7, 11) is 0. The predicted octanol–water partition coefficient (Wildman–Crippen LogP) is 2.11. The van der Waals surface area contributed by atoms with Crippen molar-refractivity contribution < 1.29 is 14.3 Å². The highest BCUT2D eigenvalue weighted by Gasteiger charge is 2.15. The normalized spacial score (nSPS) is 10.8. The fraction of sp³-hybridized carbons (Fsp3) is 0.125. The molecular weight excluding hydrogens is 268 g/mol. The van der Waals surface area contributed by atoms with Crippen molar-refractivity contribution in [2.45, 2.75) is 13.8 Å². The molecule has 5 nitrogen and oxygen atoms in total. The van der Waals surface area contributed by atoms with Crippen molar-refractivity contribution >= 4 is 5.97 Å². The molecule has 0 aliphatic heterocycles. The Kier molecular flexibility index (Phi) is 3.10. The molecule has 0 spiro atoms. The molecule has 0 saturated carbocycles. The first kappa shape index (κ1) is 13.2. The van der Waals surface area contributed by atoms with Gasteiger partial charge in [-0.05, 0) is 49.2 Å². The lowest BCUT2D eigenvalue weighted by molar-refractivity contribution is -0.255. The van der Waals surface area contributed by atoms with Crippen LogP contribution in [0.25, 0.3) is 17.1 Å². The third kappa shape index (κ3) is 2.33. The maximum absolute atomic E-state index is 11.4. The molecule has 0 N–H and O–H groups in total. The summed E-state index contributed by atoms with van der Waals surface area (Å²) in [5.41, 5.74) is 3.12. The number of aryl methyl sites for hydroxylation is 2. The number of aromatic nitrogens is 2. The van der Waals surface area contributed by atoms with Crippen molar-refractivity contribution in [1.29, 1.82) is 0 Å². The predicted molar refractivity (Wildman–Crippen MR) is 75.1 cm³/mol. The van der Waals surface area contributed by atoms with E-state index in [9.17, 15) is 9.90 Å². The molecule has 2 aromatic heterocycles. The summed E-state index contributed by atoms with van der Waals surface area (Å²) in [6.45, 7) is 3.85. The summed E-state index contributed by atoms with van der Waals surface area (Å²) in [6, 6.07) is 10.7. The molecule has 5 heteroatoms. The second kappa shape index (κ2) is 4.94. The summed E-state index contributed by atoms with van der Waals surface area (Å²) in [5, 5.41) is 15.7. The summed E-state index contributed by atoms with van der Waals surface area (Å²) >= 11 is 0. The topological polar surface area (TPSA) is 71.1 Å². The van der Waals surface area contributed by atoms with Crippen LogP contribution in [0, 0.1) is 13.8 Å². The highest BCUT2D eigenvalue weighted by atomic mass is 16.4. The van der Waals surface area contributed by atoms with Crippen LogP contribution in [-0.4, -0.2) is 15.7 Å². The number of carbonyl (C=O) groups is 1. The lowest BCUT2D eigenvalue weighted by Crippen LogP contribution is -2.25. The van der Waals surface area contributed by atoms with Gasteiger partial charge in [0.15, 0.2) is 5.76 Å². The molecule has 21 heavy (non-hydrogen) atoms. The number of hydrogen-bond donors (Lipinski definition) is 0. The minimum absolute atomic E-state index is 0.00454. The van der Waals surface area contributed by atoms with Crippen LogP contribution >= 0.6 is 0 Å². The Balaban J connectivity index is 2.21. The van der Waals surface area contributed by atoms with Gasteiger partial charge in [-0.15, -0.1) is 0 Å². The van der Waals surface area contributed by atoms with Crippen LogP contribution in [0.15, 0.2) is 47.1 Å². The number of benzene rings is 1. The Hall–Kier alpha value is -2.82. The van der Waals surface area contributed by atoms with Gasteiger partial charge in [0.05, 0.1) is 23.6 Å². The molecule has 0 aliphatic rings. The molecule has 2 heterocycles.